The molecule has 0 bridgehead atoms. The van der Waals surface area contributed by atoms with Gasteiger partial charge in [0.05, 0.1) is 17.2 Å². The highest BCUT2D eigenvalue weighted by molar-refractivity contribution is 7.07. The van der Waals surface area contributed by atoms with Crippen molar-refractivity contribution in [3.05, 3.63) is 79.6 Å². The van der Waals surface area contributed by atoms with Gasteiger partial charge in [-0.1, -0.05) is 17.4 Å². The topological polar surface area (TPSA) is 76.8 Å². The van der Waals surface area contributed by atoms with Crippen molar-refractivity contribution < 1.29 is 9.53 Å². The smallest absolute Gasteiger partial charge is 0.337 e. The Kier molecular flexibility index (Phi) is 4.55. The number of methoxy groups -OCH3 is 1. The number of fused-ring (bicyclic) bond motifs is 1. The molecule has 0 N–H and O–H groups in total. The first-order chi connectivity index (χ1) is 13.2. The summed E-state index contributed by atoms with van der Waals surface area (Å²) in [5.74, 6) is -0.378. The van der Waals surface area contributed by atoms with E-state index >= 15 is 0 Å². The van der Waals surface area contributed by atoms with Crippen LogP contribution in [0, 0.1) is 0 Å². The van der Waals surface area contributed by atoms with Gasteiger partial charge >= 0.3 is 5.97 Å². The lowest BCUT2D eigenvalue weighted by Crippen LogP contribution is -2.42. The molecule has 1 aliphatic heterocycles. The van der Waals surface area contributed by atoms with E-state index in [-0.39, 0.29) is 11.5 Å². The van der Waals surface area contributed by atoms with Gasteiger partial charge in [0.2, 0.25) is 0 Å². The fourth-order valence-electron chi connectivity index (χ4n) is 2.81. The summed E-state index contributed by atoms with van der Waals surface area (Å²) in [4.78, 5) is 35.6. The average Bonchev–Trinajstić information content (AvgIpc) is 3.03. The van der Waals surface area contributed by atoms with E-state index in [0.29, 0.717) is 28.2 Å². The Bertz CT molecular complexity index is 1150. The number of thiazole rings is 1. The van der Waals surface area contributed by atoms with E-state index in [1.165, 1.54) is 18.4 Å². The number of hydrogen-bond donors (Lipinski definition) is 0. The van der Waals surface area contributed by atoms with Gasteiger partial charge in [-0.05, 0) is 42.0 Å². The lowest BCUT2D eigenvalue weighted by Gasteiger charge is -2.25. The van der Waals surface area contributed by atoms with Gasteiger partial charge in [0, 0.05) is 18.1 Å². The zero-order chi connectivity index (χ0) is 18.8. The van der Waals surface area contributed by atoms with Gasteiger partial charge in [-0.25, -0.2) is 9.79 Å². The molecule has 27 heavy (non-hydrogen) atoms. The van der Waals surface area contributed by atoms with Crippen LogP contribution in [-0.2, 0) is 11.4 Å². The SMILES string of the molecule is COC(=O)c1ccc(N2CN=c3sc(=Cc4cccnc4)c(=O)n3C2)cc1. The zero-order valence-electron chi connectivity index (χ0n) is 14.5. The molecular weight excluding hydrogens is 364 g/mol. The summed E-state index contributed by atoms with van der Waals surface area (Å²) in [5.41, 5.74) is 2.17. The number of nitrogens with zero attached hydrogens (tertiary/aromatic N) is 4. The quantitative estimate of drug-likeness (QED) is 0.633. The molecule has 3 aromatic rings. The average molecular weight is 380 g/mol. The number of rotatable bonds is 3. The van der Waals surface area contributed by atoms with E-state index in [0.717, 1.165) is 11.3 Å². The molecule has 0 fully saturated rings. The van der Waals surface area contributed by atoms with E-state index in [4.69, 9.17) is 4.74 Å². The predicted molar refractivity (Wildman–Crippen MR) is 102 cm³/mol. The standard InChI is InChI=1S/C19H16N4O3S/c1-26-18(25)14-4-6-15(7-5-14)22-11-21-19-23(12-22)17(24)16(27-19)9-13-3-2-8-20-10-13/h2-10H,11-12H2,1H3. The summed E-state index contributed by atoms with van der Waals surface area (Å²) in [6.07, 6.45) is 5.24. The van der Waals surface area contributed by atoms with Crippen molar-refractivity contribution in [2.45, 2.75) is 6.67 Å². The number of aromatic nitrogens is 2. The molecule has 4 rings (SSSR count). The Morgan fingerprint density at radius 2 is 2.07 bits per heavy atom. The minimum Gasteiger partial charge on any atom is -0.465 e. The molecule has 0 spiro atoms. The number of benzene rings is 1. The predicted octanol–water partition coefficient (Wildman–Crippen LogP) is 0.975. The molecule has 2 aromatic heterocycles. The Balaban J connectivity index is 1.63. The minimum absolute atomic E-state index is 0.0708. The maximum atomic E-state index is 12.8. The molecule has 7 nitrogen and oxygen atoms in total. The van der Waals surface area contributed by atoms with E-state index < -0.39 is 0 Å². The van der Waals surface area contributed by atoms with E-state index in [2.05, 4.69) is 9.98 Å². The lowest BCUT2D eigenvalue weighted by atomic mass is 10.2. The van der Waals surface area contributed by atoms with Crippen LogP contribution >= 0.6 is 11.3 Å². The maximum Gasteiger partial charge on any atom is 0.337 e. The van der Waals surface area contributed by atoms with Gasteiger partial charge in [-0.15, -0.1) is 0 Å². The summed E-state index contributed by atoms with van der Waals surface area (Å²) in [5, 5.41) is 0. The van der Waals surface area contributed by atoms with Crippen LogP contribution < -0.4 is 19.8 Å². The van der Waals surface area contributed by atoms with Crippen LogP contribution in [0.5, 0.6) is 0 Å². The second-order valence-electron chi connectivity index (χ2n) is 5.93. The number of carbonyl (C=O) groups excluding carboxylic acids is 1. The number of hydrogen-bond acceptors (Lipinski definition) is 7. The fourth-order valence-corrected chi connectivity index (χ4v) is 3.78. The molecule has 1 aliphatic rings. The molecule has 0 unspecified atom stereocenters. The number of esters is 1. The third-order valence-corrected chi connectivity index (χ3v) is 5.26. The molecule has 0 atom stereocenters. The van der Waals surface area contributed by atoms with E-state index in [1.54, 1.807) is 29.1 Å². The third-order valence-electron chi connectivity index (χ3n) is 4.21. The summed E-state index contributed by atoms with van der Waals surface area (Å²) in [6.45, 7) is 0.858. The van der Waals surface area contributed by atoms with Crippen molar-refractivity contribution in [1.29, 1.82) is 0 Å². The number of pyridine rings is 1. The zero-order valence-corrected chi connectivity index (χ0v) is 15.3. The molecule has 0 saturated heterocycles. The highest BCUT2D eigenvalue weighted by Gasteiger charge is 2.16. The first-order valence-electron chi connectivity index (χ1n) is 8.25. The Labute approximate surface area is 158 Å². The molecular formula is C19H16N4O3S. The van der Waals surface area contributed by atoms with Crippen molar-refractivity contribution in [3.63, 3.8) is 0 Å². The largest absolute Gasteiger partial charge is 0.465 e. The normalized spacial score (nSPS) is 13.8. The van der Waals surface area contributed by atoms with Crippen molar-refractivity contribution in [2.75, 3.05) is 18.7 Å². The monoisotopic (exact) mass is 380 g/mol. The molecule has 0 radical (unpaired) electrons. The van der Waals surface area contributed by atoms with Crippen molar-refractivity contribution in [2.24, 2.45) is 4.99 Å². The first-order valence-corrected chi connectivity index (χ1v) is 9.06. The van der Waals surface area contributed by atoms with Crippen LogP contribution in [0.4, 0.5) is 5.69 Å². The first kappa shape index (κ1) is 17.2. The fraction of sp³-hybridized carbons (Fsp3) is 0.158. The second-order valence-corrected chi connectivity index (χ2v) is 6.94. The molecule has 136 valence electrons. The highest BCUT2D eigenvalue weighted by atomic mass is 32.1. The minimum atomic E-state index is -0.378. The number of anilines is 1. The van der Waals surface area contributed by atoms with Crippen LogP contribution in [0.3, 0.4) is 0 Å². The number of ether oxygens (including phenoxy) is 1. The highest BCUT2D eigenvalue weighted by Crippen LogP contribution is 2.17. The summed E-state index contributed by atoms with van der Waals surface area (Å²) in [7, 11) is 1.35. The Morgan fingerprint density at radius 3 is 2.78 bits per heavy atom. The summed E-state index contributed by atoms with van der Waals surface area (Å²) < 4.78 is 7.00. The third kappa shape index (κ3) is 3.39. The second kappa shape index (κ2) is 7.16. The molecule has 0 saturated carbocycles. The van der Waals surface area contributed by atoms with Gasteiger partial charge in [-0.3, -0.25) is 14.3 Å². The van der Waals surface area contributed by atoms with Crippen molar-refractivity contribution in [1.82, 2.24) is 9.55 Å². The van der Waals surface area contributed by atoms with Gasteiger partial charge < -0.3 is 9.64 Å². The van der Waals surface area contributed by atoms with Gasteiger partial charge in [-0.2, -0.15) is 0 Å². The Hall–Kier alpha value is -3.26. The molecule has 3 heterocycles. The maximum absolute atomic E-state index is 12.8. The molecule has 0 aliphatic carbocycles. The van der Waals surface area contributed by atoms with Crippen LogP contribution in [0.15, 0.2) is 58.6 Å². The van der Waals surface area contributed by atoms with Crippen molar-refractivity contribution >= 4 is 29.1 Å². The van der Waals surface area contributed by atoms with Gasteiger partial charge in [0.15, 0.2) is 4.80 Å². The summed E-state index contributed by atoms with van der Waals surface area (Å²) in [6, 6.07) is 10.8. The number of carbonyl (C=O) groups is 1. The van der Waals surface area contributed by atoms with Crippen molar-refractivity contribution in [3.8, 4) is 0 Å². The molecule has 0 amide bonds. The van der Waals surface area contributed by atoms with E-state index in [1.807, 2.05) is 35.2 Å². The van der Waals surface area contributed by atoms with E-state index in [9.17, 15) is 9.59 Å². The van der Waals surface area contributed by atoms with Crippen LogP contribution in [0.2, 0.25) is 0 Å². The van der Waals surface area contributed by atoms with Gasteiger partial charge in [0.25, 0.3) is 5.56 Å². The molecule has 8 heteroatoms. The van der Waals surface area contributed by atoms with Crippen LogP contribution in [0.1, 0.15) is 15.9 Å². The lowest BCUT2D eigenvalue weighted by molar-refractivity contribution is 0.0601. The van der Waals surface area contributed by atoms with Crippen LogP contribution in [0.25, 0.3) is 6.08 Å². The van der Waals surface area contributed by atoms with Gasteiger partial charge in [0.1, 0.15) is 13.3 Å². The van der Waals surface area contributed by atoms with Crippen LogP contribution in [-0.4, -0.2) is 29.3 Å². The summed E-state index contributed by atoms with van der Waals surface area (Å²) >= 11 is 1.38. The molecule has 1 aromatic carbocycles. The Morgan fingerprint density at radius 1 is 1.26 bits per heavy atom.